The first kappa shape index (κ1) is 6.80. The maximum Gasteiger partial charge on any atom is 0.0270 e. The molecule has 1 aromatic heterocycles. The van der Waals surface area contributed by atoms with E-state index in [2.05, 4.69) is 22.4 Å². The molecule has 0 amide bonds. The van der Waals surface area contributed by atoms with Crippen LogP contribution in [0.5, 0.6) is 0 Å². The molecule has 2 heteroatoms. The van der Waals surface area contributed by atoms with Gasteiger partial charge in [-0.2, -0.15) is 0 Å². The first-order valence-corrected chi connectivity index (χ1v) is 4.05. The van der Waals surface area contributed by atoms with Crippen molar-refractivity contribution in [1.82, 2.24) is 10.3 Å². The molecule has 1 fully saturated rings. The minimum absolute atomic E-state index is 0.859. The second-order valence-electron chi connectivity index (χ2n) is 3.08. The van der Waals surface area contributed by atoms with Gasteiger partial charge in [-0.15, -0.1) is 0 Å². The summed E-state index contributed by atoms with van der Waals surface area (Å²) in [6.07, 6.45) is 4.93. The van der Waals surface area contributed by atoms with Crippen molar-refractivity contribution < 1.29 is 0 Å². The van der Waals surface area contributed by atoms with Crippen molar-refractivity contribution in [2.45, 2.75) is 6.42 Å². The fourth-order valence-corrected chi connectivity index (χ4v) is 1.35. The van der Waals surface area contributed by atoms with Gasteiger partial charge in [0.15, 0.2) is 0 Å². The molecule has 0 atom stereocenters. The topological polar surface area (TPSA) is 24.9 Å². The van der Waals surface area contributed by atoms with Crippen LogP contribution < -0.4 is 5.32 Å². The Hall–Kier alpha value is -0.890. The van der Waals surface area contributed by atoms with Crippen molar-refractivity contribution in [1.29, 1.82) is 0 Å². The van der Waals surface area contributed by atoms with Gasteiger partial charge in [0.1, 0.15) is 0 Å². The van der Waals surface area contributed by atoms with E-state index >= 15 is 0 Å². The van der Waals surface area contributed by atoms with Gasteiger partial charge in [0, 0.05) is 12.4 Å². The lowest BCUT2D eigenvalue weighted by Gasteiger charge is -2.26. The van der Waals surface area contributed by atoms with E-state index in [0.717, 1.165) is 5.92 Å². The maximum atomic E-state index is 3.98. The molecule has 1 saturated heterocycles. The number of aromatic nitrogens is 1. The number of hydrogen-bond donors (Lipinski definition) is 1. The van der Waals surface area contributed by atoms with Gasteiger partial charge in [-0.3, -0.25) is 4.98 Å². The molecule has 1 aromatic rings. The number of nitrogens with one attached hydrogen (secondary N) is 1. The highest BCUT2D eigenvalue weighted by Gasteiger charge is 2.16. The summed E-state index contributed by atoms with van der Waals surface area (Å²) in [5, 5.41) is 3.27. The summed E-state index contributed by atoms with van der Waals surface area (Å²) in [5.74, 6) is 0.859. The molecular formula is C9H12N2. The van der Waals surface area contributed by atoms with Crippen LogP contribution in [0.2, 0.25) is 0 Å². The van der Waals surface area contributed by atoms with Gasteiger partial charge in [-0.1, -0.05) is 0 Å². The molecule has 0 radical (unpaired) electrons. The fraction of sp³-hybridized carbons (Fsp3) is 0.444. The Morgan fingerprint density at radius 1 is 1.36 bits per heavy atom. The highest BCUT2D eigenvalue weighted by molar-refractivity contribution is 5.11. The Kier molecular flexibility index (Phi) is 1.86. The quantitative estimate of drug-likeness (QED) is 0.672. The molecule has 0 spiro atoms. The largest absolute Gasteiger partial charge is 0.316 e. The van der Waals surface area contributed by atoms with Crippen molar-refractivity contribution >= 4 is 0 Å². The van der Waals surface area contributed by atoms with Crippen LogP contribution in [0.1, 0.15) is 5.56 Å². The highest BCUT2D eigenvalue weighted by atomic mass is 14.9. The van der Waals surface area contributed by atoms with Gasteiger partial charge in [0.2, 0.25) is 0 Å². The monoisotopic (exact) mass is 148 g/mol. The van der Waals surface area contributed by atoms with Crippen LogP contribution in [0, 0.1) is 5.92 Å². The summed E-state index contributed by atoms with van der Waals surface area (Å²) in [6.45, 7) is 2.37. The van der Waals surface area contributed by atoms with E-state index in [1.54, 1.807) is 0 Å². The smallest absolute Gasteiger partial charge is 0.0270 e. The summed E-state index contributed by atoms with van der Waals surface area (Å²) in [6, 6.07) is 4.19. The molecule has 0 saturated carbocycles. The van der Waals surface area contributed by atoms with E-state index in [-0.39, 0.29) is 0 Å². The highest BCUT2D eigenvalue weighted by Crippen LogP contribution is 2.10. The molecule has 0 bridgehead atoms. The summed E-state index contributed by atoms with van der Waals surface area (Å²) >= 11 is 0. The molecule has 0 aliphatic carbocycles. The molecular weight excluding hydrogens is 136 g/mol. The first-order valence-electron chi connectivity index (χ1n) is 4.05. The Labute approximate surface area is 66.7 Å². The van der Waals surface area contributed by atoms with E-state index in [4.69, 9.17) is 0 Å². The molecule has 2 rings (SSSR count). The minimum atomic E-state index is 0.859. The third-order valence-electron chi connectivity index (χ3n) is 2.14. The van der Waals surface area contributed by atoms with E-state index in [1.807, 2.05) is 12.4 Å². The van der Waals surface area contributed by atoms with Crippen LogP contribution in [-0.4, -0.2) is 18.1 Å². The first-order chi connectivity index (χ1) is 5.45. The van der Waals surface area contributed by atoms with Gasteiger partial charge < -0.3 is 5.32 Å². The van der Waals surface area contributed by atoms with Crippen molar-refractivity contribution in [3.05, 3.63) is 30.1 Å². The molecule has 58 valence electrons. The lowest BCUT2D eigenvalue weighted by atomic mass is 9.95. The molecule has 1 aliphatic heterocycles. The van der Waals surface area contributed by atoms with Crippen LogP contribution in [0.3, 0.4) is 0 Å². The zero-order valence-corrected chi connectivity index (χ0v) is 6.46. The van der Waals surface area contributed by atoms with Crippen LogP contribution in [0.25, 0.3) is 0 Å². The van der Waals surface area contributed by atoms with E-state index < -0.39 is 0 Å². The number of rotatable bonds is 2. The average Bonchev–Trinajstić information content (AvgIpc) is 1.99. The minimum Gasteiger partial charge on any atom is -0.316 e. The molecule has 1 N–H and O–H groups in total. The Morgan fingerprint density at radius 2 is 2.09 bits per heavy atom. The van der Waals surface area contributed by atoms with E-state index in [9.17, 15) is 0 Å². The maximum absolute atomic E-state index is 3.98. The standard InChI is InChI=1S/C9H12N2/c1-3-10-4-2-8(1)5-9-6-11-7-9/h1-4,9,11H,5-7H2. The fourth-order valence-electron chi connectivity index (χ4n) is 1.35. The number of nitrogens with zero attached hydrogens (tertiary/aromatic N) is 1. The average molecular weight is 148 g/mol. The van der Waals surface area contributed by atoms with Crippen molar-refractivity contribution in [3.63, 3.8) is 0 Å². The second kappa shape index (κ2) is 3.01. The summed E-state index contributed by atoms with van der Waals surface area (Å²) in [5.41, 5.74) is 1.41. The normalized spacial score (nSPS) is 17.8. The van der Waals surface area contributed by atoms with Gasteiger partial charge in [-0.05, 0) is 43.1 Å². The molecule has 0 aromatic carbocycles. The lowest BCUT2D eigenvalue weighted by molar-refractivity contribution is 0.346. The van der Waals surface area contributed by atoms with Crippen LogP contribution >= 0.6 is 0 Å². The van der Waals surface area contributed by atoms with Gasteiger partial charge in [0.05, 0.1) is 0 Å². The van der Waals surface area contributed by atoms with Crippen molar-refractivity contribution in [2.75, 3.05) is 13.1 Å². The molecule has 11 heavy (non-hydrogen) atoms. The zero-order chi connectivity index (χ0) is 7.52. The lowest BCUT2D eigenvalue weighted by Crippen LogP contribution is -2.43. The van der Waals surface area contributed by atoms with Gasteiger partial charge >= 0.3 is 0 Å². The van der Waals surface area contributed by atoms with Crippen molar-refractivity contribution in [2.24, 2.45) is 5.92 Å². The van der Waals surface area contributed by atoms with Gasteiger partial charge in [-0.25, -0.2) is 0 Å². The second-order valence-corrected chi connectivity index (χ2v) is 3.08. The molecule has 1 aliphatic rings. The van der Waals surface area contributed by atoms with Crippen LogP contribution in [0.15, 0.2) is 24.5 Å². The number of pyridine rings is 1. The third kappa shape index (κ3) is 1.57. The van der Waals surface area contributed by atoms with Crippen LogP contribution in [0.4, 0.5) is 0 Å². The Morgan fingerprint density at radius 3 is 2.64 bits per heavy atom. The van der Waals surface area contributed by atoms with E-state index in [0.29, 0.717) is 0 Å². The Balaban J connectivity index is 1.95. The Bertz CT molecular complexity index is 216. The van der Waals surface area contributed by atoms with Crippen LogP contribution in [-0.2, 0) is 6.42 Å². The van der Waals surface area contributed by atoms with Crippen molar-refractivity contribution in [3.8, 4) is 0 Å². The molecule has 2 nitrogen and oxygen atoms in total. The predicted molar refractivity (Wildman–Crippen MR) is 44.3 cm³/mol. The molecule has 0 unspecified atom stereocenters. The molecule has 2 heterocycles. The summed E-state index contributed by atoms with van der Waals surface area (Å²) < 4.78 is 0. The summed E-state index contributed by atoms with van der Waals surface area (Å²) in [4.78, 5) is 3.98. The van der Waals surface area contributed by atoms with Gasteiger partial charge in [0.25, 0.3) is 0 Å². The number of hydrogen-bond acceptors (Lipinski definition) is 2. The predicted octanol–water partition coefficient (Wildman–Crippen LogP) is 0.843. The zero-order valence-electron chi connectivity index (χ0n) is 6.46. The SMILES string of the molecule is c1cc(CC2CNC2)ccn1. The summed E-state index contributed by atoms with van der Waals surface area (Å²) in [7, 11) is 0. The third-order valence-corrected chi connectivity index (χ3v) is 2.14. The van der Waals surface area contributed by atoms with E-state index in [1.165, 1.54) is 25.1 Å².